The highest BCUT2D eigenvalue weighted by Crippen LogP contribution is 2.23. The van der Waals surface area contributed by atoms with E-state index in [2.05, 4.69) is 18.3 Å². The van der Waals surface area contributed by atoms with Crippen LogP contribution in [0.1, 0.15) is 126 Å². The molecule has 0 unspecified atom stereocenters. The summed E-state index contributed by atoms with van der Waals surface area (Å²) in [4.78, 5) is 12.5. The lowest BCUT2D eigenvalue weighted by atomic mass is 10.0. The Hall–Kier alpha value is -2.29. The second kappa shape index (κ2) is 18.9. The fourth-order valence-electron chi connectivity index (χ4n) is 4.80. The predicted molar refractivity (Wildman–Crippen MR) is 155 cm³/mol. The number of hydrogen-bond donors (Lipinski definition) is 1. The highest BCUT2D eigenvalue weighted by atomic mass is 16.6. The smallest absolute Gasteiger partial charge is 0.410 e. The molecule has 3 heteroatoms. The van der Waals surface area contributed by atoms with Crippen LogP contribution in [-0.4, -0.2) is 6.09 Å². The first-order valence-corrected chi connectivity index (χ1v) is 14.7. The summed E-state index contributed by atoms with van der Waals surface area (Å²) in [5.41, 5.74) is 4.13. The summed E-state index contributed by atoms with van der Waals surface area (Å²) in [5, 5.41) is 2.89. The van der Waals surface area contributed by atoms with Gasteiger partial charge in [-0.05, 0) is 55.5 Å². The standard InChI is InChI=1S/C33H51NO2/c1-4-5-6-7-8-9-10-11-12-13-14-15-16-17-18-19-24-30-25-20-21-27-32(30)36-33(35)34-31-26-22-23-28(2)29(31)3/h20-23,25-27H,4-19,24H2,1-3H3,(H,34,35). The first-order valence-electron chi connectivity index (χ1n) is 14.7. The number of para-hydroxylation sites is 1. The zero-order chi connectivity index (χ0) is 25.8. The Labute approximate surface area is 221 Å². The molecule has 0 heterocycles. The minimum Gasteiger partial charge on any atom is -0.410 e. The molecule has 36 heavy (non-hydrogen) atoms. The number of carbonyl (C=O) groups is 1. The molecular formula is C33H51NO2. The van der Waals surface area contributed by atoms with Crippen molar-refractivity contribution in [2.75, 3.05) is 5.32 Å². The highest BCUT2D eigenvalue weighted by molar-refractivity contribution is 5.87. The molecule has 0 bridgehead atoms. The van der Waals surface area contributed by atoms with Crippen molar-refractivity contribution in [3.8, 4) is 5.75 Å². The molecule has 0 aliphatic carbocycles. The molecule has 0 spiro atoms. The number of anilines is 1. The first-order chi connectivity index (χ1) is 17.6. The van der Waals surface area contributed by atoms with Crippen LogP contribution in [0.2, 0.25) is 0 Å². The lowest BCUT2D eigenvalue weighted by Gasteiger charge is -2.13. The zero-order valence-electron chi connectivity index (χ0n) is 23.4. The summed E-state index contributed by atoms with van der Waals surface area (Å²) in [5.74, 6) is 0.668. The van der Waals surface area contributed by atoms with Crippen molar-refractivity contribution in [3.05, 3.63) is 59.2 Å². The van der Waals surface area contributed by atoms with Crippen LogP contribution in [-0.2, 0) is 6.42 Å². The van der Waals surface area contributed by atoms with E-state index < -0.39 is 6.09 Å². The van der Waals surface area contributed by atoms with Gasteiger partial charge in [-0.25, -0.2) is 4.79 Å². The zero-order valence-corrected chi connectivity index (χ0v) is 23.4. The van der Waals surface area contributed by atoms with Crippen molar-refractivity contribution in [2.45, 2.75) is 130 Å². The van der Waals surface area contributed by atoms with Gasteiger partial charge in [0.05, 0.1) is 0 Å². The number of unbranched alkanes of at least 4 members (excludes halogenated alkanes) is 15. The predicted octanol–water partition coefficient (Wildman–Crippen LogP) is 10.7. The molecule has 1 N–H and O–H groups in total. The maximum atomic E-state index is 12.5. The first kappa shape index (κ1) is 29.9. The van der Waals surface area contributed by atoms with Crippen LogP contribution in [0.4, 0.5) is 10.5 Å². The summed E-state index contributed by atoms with van der Waals surface area (Å²) < 4.78 is 5.67. The molecule has 0 saturated heterocycles. The Morgan fingerprint density at radius 2 is 1.19 bits per heavy atom. The van der Waals surface area contributed by atoms with Crippen molar-refractivity contribution >= 4 is 11.8 Å². The van der Waals surface area contributed by atoms with E-state index in [-0.39, 0.29) is 0 Å². The number of rotatable bonds is 19. The van der Waals surface area contributed by atoms with Crippen LogP contribution >= 0.6 is 0 Å². The lowest BCUT2D eigenvalue weighted by molar-refractivity contribution is 0.214. The van der Waals surface area contributed by atoms with Gasteiger partial charge in [-0.1, -0.05) is 134 Å². The molecule has 0 aliphatic rings. The van der Waals surface area contributed by atoms with Crippen molar-refractivity contribution < 1.29 is 9.53 Å². The van der Waals surface area contributed by atoms with E-state index >= 15 is 0 Å². The maximum absolute atomic E-state index is 12.5. The molecule has 0 radical (unpaired) electrons. The Morgan fingerprint density at radius 3 is 1.78 bits per heavy atom. The lowest BCUT2D eigenvalue weighted by Crippen LogP contribution is -2.18. The van der Waals surface area contributed by atoms with Gasteiger partial charge in [0.1, 0.15) is 5.75 Å². The third kappa shape index (κ3) is 12.6. The van der Waals surface area contributed by atoms with Crippen molar-refractivity contribution in [1.82, 2.24) is 0 Å². The number of carbonyl (C=O) groups excluding carboxylic acids is 1. The van der Waals surface area contributed by atoms with Crippen molar-refractivity contribution in [3.63, 3.8) is 0 Å². The molecule has 0 fully saturated rings. The number of benzene rings is 2. The third-order valence-electron chi connectivity index (χ3n) is 7.32. The van der Waals surface area contributed by atoms with Crippen molar-refractivity contribution in [1.29, 1.82) is 0 Å². The average molecular weight is 494 g/mol. The van der Waals surface area contributed by atoms with Gasteiger partial charge in [0, 0.05) is 5.69 Å². The van der Waals surface area contributed by atoms with Crippen LogP contribution in [0.5, 0.6) is 5.75 Å². The molecule has 0 saturated carbocycles. The van der Waals surface area contributed by atoms with Crippen LogP contribution in [0, 0.1) is 13.8 Å². The Kier molecular flexibility index (Phi) is 15.7. The van der Waals surface area contributed by atoms with E-state index in [1.54, 1.807) is 0 Å². The second-order valence-corrected chi connectivity index (χ2v) is 10.4. The van der Waals surface area contributed by atoms with Crippen molar-refractivity contribution in [2.24, 2.45) is 0 Å². The fraction of sp³-hybridized carbons (Fsp3) is 0.606. The minimum atomic E-state index is -0.428. The number of ether oxygens (including phenoxy) is 1. The topological polar surface area (TPSA) is 38.3 Å². The van der Waals surface area contributed by atoms with Gasteiger partial charge >= 0.3 is 6.09 Å². The van der Waals surface area contributed by atoms with E-state index in [9.17, 15) is 4.79 Å². The molecule has 3 nitrogen and oxygen atoms in total. The molecule has 2 rings (SSSR count). The average Bonchev–Trinajstić information content (AvgIpc) is 2.87. The van der Waals surface area contributed by atoms with Gasteiger partial charge in [-0.15, -0.1) is 0 Å². The van der Waals surface area contributed by atoms with Gasteiger partial charge in [-0.3, -0.25) is 5.32 Å². The monoisotopic (exact) mass is 493 g/mol. The quantitative estimate of drug-likeness (QED) is 0.198. The molecule has 1 amide bonds. The van der Waals surface area contributed by atoms with Crippen LogP contribution < -0.4 is 10.1 Å². The van der Waals surface area contributed by atoms with E-state index in [4.69, 9.17) is 4.74 Å². The van der Waals surface area contributed by atoms with E-state index in [0.717, 1.165) is 35.2 Å². The van der Waals surface area contributed by atoms with E-state index in [1.165, 1.54) is 96.3 Å². The maximum Gasteiger partial charge on any atom is 0.417 e. The Bertz CT molecular complexity index is 861. The van der Waals surface area contributed by atoms with Gasteiger partial charge in [0.25, 0.3) is 0 Å². The van der Waals surface area contributed by atoms with Gasteiger partial charge in [-0.2, -0.15) is 0 Å². The van der Waals surface area contributed by atoms with Crippen LogP contribution in [0.25, 0.3) is 0 Å². The molecule has 2 aromatic rings. The summed E-state index contributed by atoms with van der Waals surface area (Å²) >= 11 is 0. The summed E-state index contributed by atoms with van der Waals surface area (Å²) in [7, 11) is 0. The van der Waals surface area contributed by atoms with Gasteiger partial charge in [0.2, 0.25) is 0 Å². The van der Waals surface area contributed by atoms with Gasteiger partial charge < -0.3 is 4.74 Å². The molecule has 0 atom stereocenters. The number of nitrogens with one attached hydrogen (secondary N) is 1. The largest absolute Gasteiger partial charge is 0.417 e. The molecular weight excluding hydrogens is 442 g/mol. The van der Waals surface area contributed by atoms with Crippen LogP contribution in [0.3, 0.4) is 0 Å². The Morgan fingerprint density at radius 1 is 0.667 bits per heavy atom. The van der Waals surface area contributed by atoms with E-state index in [0.29, 0.717) is 5.75 Å². The number of aryl methyl sites for hydroxylation is 2. The minimum absolute atomic E-state index is 0.428. The second-order valence-electron chi connectivity index (χ2n) is 10.4. The molecule has 2 aromatic carbocycles. The molecule has 0 aromatic heterocycles. The SMILES string of the molecule is CCCCCCCCCCCCCCCCCCc1ccccc1OC(=O)Nc1cccc(C)c1C. The number of hydrogen-bond acceptors (Lipinski definition) is 2. The summed E-state index contributed by atoms with van der Waals surface area (Å²) in [6.45, 7) is 6.34. The normalized spacial score (nSPS) is 11.0. The fourth-order valence-corrected chi connectivity index (χ4v) is 4.80. The van der Waals surface area contributed by atoms with Crippen LogP contribution in [0.15, 0.2) is 42.5 Å². The van der Waals surface area contributed by atoms with E-state index in [1.807, 2.05) is 50.2 Å². The summed E-state index contributed by atoms with van der Waals surface area (Å²) in [6.07, 6.45) is 22.5. The number of amides is 1. The highest BCUT2D eigenvalue weighted by Gasteiger charge is 2.11. The molecule has 200 valence electrons. The third-order valence-corrected chi connectivity index (χ3v) is 7.32. The Balaban J connectivity index is 1.52. The van der Waals surface area contributed by atoms with Gasteiger partial charge in [0.15, 0.2) is 0 Å². The molecule has 0 aliphatic heterocycles. The summed E-state index contributed by atoms with van der Waals surface area (Å²) in [6, 6.07) is 13.8.